The van der Waals surface area contributed by atoms with Crippen LogP contribution in [-0.2, 0) is 11.8 Å². The quantitative estimate of drug-likeness (QED) is 0.617. The van der Waals surface area contributed by atoms with Gasteiger partial charge in [-0.05, 0) is 0 Å². The van der Waals surface area contributed by atoms with Crippen LogP contribution in [0.5, 0.6) is 0 Å². The van der Waals surface area contributed by atoms with Crippen LogP contribution in [-0.4, -0.2) is 0 Å². The molecule has 5 heavy (non-hydrogen) atoms. The molecule has 36 valence electrons. The van der Waals surface area contributed by atoms with Crippen LogP contribution >= 0.6 is 59.0 Å². The SMILES string of the molecule is Br.Br.Br.[PH2+]=S. The molecule has 0 rings (SSSR count). The van der Waals surface area contributed by atoms with E-state index in [0.29, 0.717) is 0 Å². The first-order valence-electron chi connectivity index (χ1n) is 0.236. The first-order valence-corrected chi connectivity index (χ1v) is 2.12. The Bertz CT molecular complexity index is 6.85. The Morgan fingerprint density at radius 1 is 0.800 bits per heavy atom. The molecule has 0 aromatic rings. The van der Waals surface area contributed by atoms with Crippen LogP contribution in [0.15, 0.2) is 0 Å². The minimum absolute atomic E-state index is 0. The number of hydrogen-bond acceptors (Lipinski definition) is 1. The molecule has 0 amide bonds. The van der Waals surface area contributed by atoms with E-state index in [1.54, 1.807) is 0 Å². The van der Waals surface area contributed by atoms with E-state index in [4.69, 9.17) is 0 Å². The summed E-state index contributed by atoms with van der Waals surface area (Å²) in [6, 6.07) is 0. The lowest BCUT2D eigenvalue weighted by molar-refractivity contribution is 6.40. The van der Waals surface area contributed by atoms with Crippen molar-refractivity contribution in [3.8, 4) is 0 Å². The van der Waals surface area contributed by atoms with E-state index in [9.17, 15) is 0 Å². The molecule has 0 radical (unpaired) electrons. The summed E-state index contributed by atoms with van der Waals surface area (Å²) >= 11 is 4.00. The Hall–Kier alpha value is 1.96. The second-order valence-electron chi connectivity index (χ2n) is 0. The number of rotatable bonds is 0. The normalized spacial score (nSPS) is 0.800. The van der Waals surface area contributed by atoms with Gasteiger partial charge in [0, 0.05) is 0 Å². The van der Waals surface area contributed by atoms with Gasteiger partial charge >= 0.3 is 0 Å². The van der Waals surface area contributed by atoms with Crippen molar-refractivity contribution in [3.63, 3.8) is 0 Å². The van der Waals surface area contributed by atoms with Crippen LogP contribution in [0.3, 0.4) is 0 Å². The van der Waals surface area contributed by atoms with Gasteiger partial charge < -0.3 is 0 Å². The second-order valence-corrected chi connectivity index (χ2v) is 0. The van der Waals surface area contributed by atoms with Gasteiger partial charge in [0.2, 0.25) is 0 Å². The average molecular weight is 308 g/mol. The molecule has 0 aromatic heterocycles. The summed E-state index contributed by atoms with van der Waals surface area (Å²) < 4.78 is 0. The highest BCUT2D eigenvalue weighted by molar-refractivity contribution is 8.93. The molecule has 0 bridgehead atoms. The van der Waals surface area contributed by atoms with Crippen molar-refractivity contribution < 1.29 is 0 Å². The van der Waals surface area contributed by atoms with Gasteiger partial charge in [-0.15, -0.1) is 50.9 Å². The fraction of sp³-hybridized carbons (Fsp3) is 0. The van der Waals surface area contributed by atoms with Gasteiger partial charge in [0.05, 0.1) is 0 Å². The molecular formula is H5Br3PS+. The largest absolute Gasteiger partial charge is 0.153 e. The van der Waals surface area contributed by atoms with Crippen LogP contribution in [0.4, 0.5) is 0 Å². The first kappa shape index (κ1) is 28.2. The molecule has 1 unspecified atom stereocenters. The van der Waals surface area contributed by atoms with E-state index < -0.39 is 0 Å². The predicted molar refractivity (Wildman–Crippen MR) is 48.0 cm³/mol. The van der Waals surface area contributed by atoms with Crippen molar-refractivity contribution in [3.05, 3.63) is 0 Å². The Morgan fingerprint density at radius 3 is 0.800 bits per heavy atom. The van der Waals surface area contributed by atoms with Gasteiger partial charge in [0.25, 0.3) is 0 Å². The molecule has 0 aromatic carbocycles. The summed E-state index contributed by atoms with van der Waals surface area (Å²) in [5.74, 6) is 0. The zero-order valence-electron chi connectivity index (χ0n) is 2.21. The van der Waals surface area contributed by atoms with E-state index in [1.807, 2.05) is 8.02 Å². The van der Waals surface area contributed by atoms with E-state index in [2.05, 4.69) is 11.8 Å². The van der Waals surface area contributed by atoms with Gasteiger partial charge in [-0.3, -0.25) is 0 Å². The maximum atomic E-state index is 4.00. The molecule has 0 spiro atoms. The third-order valence-electron chi connectivity index (χ3n) is 0. The summed E-state index contributed by atoms with van der Waals surface area (Å²) in [5.41, 5.74) is 0. The molecule has 0 aliphatic heterocycles. The van der Waals surface area contributed by atoms with Crippen molar-refractivity contribution in [1.29, 1.82) is 0 Å². The summed E-state index contributed by atoms with van der Waals surface area (Å²) in [6.07, 6.45) is 0. The lowest BCUT2D eigenvalue weighted by atomic mass is 30.6. The molecule has 0 aliphatic rings. The lowest BCUT2D eigenvalue weighted by Gasteiger charge is -0.558. The van der Waals surface area contributed by atoms with E-state index in [-0.39, 0.29) is 50.9 Å². The molecule has 0 fully saturated rings. The summed E-state index contributed by atoms with van der Waals surface area (Å²) in [4.78, 5) is 0. The van der Waals surface area contributed by atoms with Gasteiger partial charge in [-0.2, -0.15) is 0 Å². The maximum Gasteiger partial charge on any atom is 0.153 e. The van der Waals surface area contributed by atoms with Crippen molar-refractivity contribution in [1.82, 2.24) is 0 Å². The minimum Gasteiger partial charge on any atom is -0.114 e. The van der Waals surface area contributed by atoms with E-state index in [0.717, 1.165) is 0 Å². The fourth-order valence-electron chi connectivity index (χ4n) is 0. The molecular weight excluding hydrogens is 303 g/mol. The second kappa shape index (κ2) is 38.2. The third-order valence-corrected chi connectivity index (χ3v) is 0. The van der Waals surface area contributed by atoms with E-state index >= 15 is 0 Å². The van der Waals surface area contributed by atoms with Crippen LogP contribution < -0.4 is 0 Å². The number of halogens is 3. The summed E-state index contributed by atoms with van der Waals surface area (Å²) in [6.45, 7) is 0. The van der Waals surface area contributed by atoms with Gasteiger partial charge in [0.1, 0.15) is 8.02 Å². The van der Waals surface area contributed by atoms with Gasteiger partial charge in [-0.25, -0.2) is 0 Å². The highest BCUT2D eigenvalue weighted by Gasteiger charge is 0.856. The fourth-order valence-corrected chi connectivity index (χ4v) is 0. The molecule has 0 saturated heterocycles. The van der Waals surface area contributed by atoms with E-state index in [1.165, 1.54) is 0 Å². The Balaban J connectivity index is -0.00000000167. The molecule has 1 atom stereocenters. The zero-order chi connectivity index (χ0) is 2.00. The molecule has 0 aliphatic carbocycles. The highest BCUT2D eigenvalue weighted by Crippen LogP contribution is 1.26. The number of hydrogen-bond donors (Lipinski definition) is 0. The highest BCUT2D eigenvalue weighted by atomic mass is 79.9. The lowest BCUT2D eigenvalue weighted by Crippen LogP contribution is -0.399. The molecule has 5 heteroatoms. The van der Waals surface area contributed by atoms with Crippen molar-refractivity contribution in [2.24, 2.45) is 0 Å². The molecule has 0 saturated carbocycles. The van der Waals surface area contributed by atoms with Crippen LogP contribution in [0.2, 0.25) is 0 Å². The minimum atomic E-state index is 0. The average Bonchev–Trinajstić information content (AvgIpc) is 1.00. The standard InChI is InChI=1S/3BrH.HPS/c;;;1-2/h3*1H;1H/p+1. The van der Waals surface area contributed by atoms with Crippen LogP contribution in [0.1, 0.15) is 0 Å². The smallest absolute Gasteiger partial charge is 0.114 e. The van der Waals surface area contributed by atoms with Gasteiger partial charge in [-0.1, -0.05) is 0 Å². The summed E-state index contributed by atoms with van der Waals surface area (Å²) in [7, 11) is 2.00. The Kier molecular flexibility index (Phi) is 215. The van der Waals surface area contributed by atoms with Crippen molar-refractivity contribution >= 4 is 70.8 Å². The third kappa shape index (κ3) is 24.3. The summed E-state index contributed by atoms with van der Waals surface area (Å²) in [5, 5.41) is 0. The van der Waals surface area contributed by atoms with Crippen molar-refractivity contribution in [2.45, 2.75) is 0 Å². The first-order chi connectivity index (χ1) is 1.00. The predicted octanol–water partition coefficient (Wildman–Crippen LogP) is 2.06. The zero-order valence-corrected chi connectivity index (χ0v) is 9.32. The Labute approximate surface area is 70.3 Å². The Morgan fingerprint density at radius 2 is 0.800 bits per heavy atom. The topological polar surface area (TPSA) is 0 Å². The maximum absolute atomic E-state index is 4.00. The van der Waals surface area contributed by atoms with Crippen LogP contribution in [0, 0.1) is 0 Å². The molecule has 0 heterocycles. The van der Waals surface area contributed by atoms with Gasteiger partial charge in [0.15, 0.2) is 11.8 Å². The van der Waals surface area contributed by atoms with Crippen molar-refractivity contribution in [2.75, 3.05) is 0 Å². The monoisotopic (exact) mass is 305 g/mol. The van der Waals surface area contributed by atoms with Crippen LogP contribution in [0.25, 0.3) is 0 Å². The molecule has 0 nitrogen and oxygen atoms in total. The molecule has 0 N–H and O–H groups in total.